The molecule has 0 bridgehead atoms. The predicted octanol–water partition coefficient (Wildman–Crippen LogP) is 2.97. The molecule has 3 N–H and O–H groups in total. The average Bonchev–Trinajstić information content (AvgIpc) is 2.68. The Labute approximate surface area is 178 Å². The third-order valence-electron chi connectivity index (χ3n) is 3.73. The highest BCUT2D eigenvalue weighted by molar-refractivity contribution is 9.10. The number of halogens is 1. The fourth-order valence-electron chi connectivity index (χ4n) is 2.36. The molecule has 0 saturated carbocycles. The summed E-state index contributed by atoms with van der Waals surface area (Å²) in [5.41, 5.74) is 4.52. The molecule has 0 saturated heterocycles. The van der Waals surface area contributed by atoms with E-state index in [-0.39, 0.29) is 23.6 Å². The van der Waals surface area contributed by atoms with Crippen molar-refractivity contribution in [2.24, 2.45) is 0 Å². The van der Waals surface area contributed by atoms with Crippen LogP contribution in [0.5, 0.6) is 0 Å². The minimum Gasteiger partial charge on any atom is -0.325 e. The summed E-state index contributed by atoms with van der Waals surface area (Å²) in [7, 11) is 0. The van der Waals surface area contributed by atoms with E-state index in [4.69, 9.17) is 0 Å². The number of carbonyl (C=O) groups is 2. The van der Waals surface area contributed by atoms with Crippen molar-refractivity contribution in [3.63, 3.8) is 0 Å². The number of nitro benzene ring substituents is 2. The van der Waals surface area contributed by atoms with Gasteiger partial charge in [0, 0.05) is 21.8 Å². The van der Waals surface area contributed by atoms with Crippen LogP contribution in [0.4, 0.5) is 17.1 Å². The number of carbonyl (C=O) groups excluding carboxylic acids is 2. The van der Waals surface area contributed by atoms with E-state index in [0.717, 1.165) is 18.2 Å². The molecule has 2 rings (SSSR count). The van der Waals surface area contributed by atoms with Gasteiger partial charge in [0.2, 0.25) is 11.8 Å². The Morgan fingerprint density at radius 3 is 2.33 bits per heavy atom. The Bertz CT molecular complexity index is 1030. The fourth-order valence-corrected chi connectivity index (χ4v) is 2.74. The van der Waals surface area contributed by atoms with Gasteiger partial charge in [-0.1, -0.05) is 18.7 Å². The summed E-state index contributed by atoms with van der Waals surface area (Å²) in [5, 5.41) is 24.5. The van der Waals surface area contributed by atoms with E-state index in [1.165, 1.54) is 0 Å². The van der Waals surface area contributed by atoms with Crippen LogP contribution in [-0.4, -0.2) is 21.7 Å². The molecule has 2 aromatic carbocycles. The van der Waals surface area contributed by atoms with E-state index < -0.39 is 33.5 Å². The number of benzene rings is 2. The van der Waals surface area contributed by atoms with Gasteiger partial charge in [0.1, 0.15) is 0 Å². The summed E-state index contributed by atoms with van der Waals surface area (Å²) >= 11 is 3.31. The lowest BCUT2D eigenvalue weighted by Crippen LogP contribution is -2.38. The summed E-state index contributed by atoms with van der Waals surface area (Å²) in [6.07, 6.45) is -0.545. The van der Waals surface area contributed by atoms with Crippen LogP contribution in [0.1, 0.15) is 12.0 Å². The van der Waals surface area contributed by atoms with Gasteiger partial charge in [-0.05, 0) is 34.1 Å². The molecule has 0 aliphatic rings. The van der Waals surface area contributed by atoms with Gasteiger partial charge in [-0.25, -0.2) is 0 Å². The Morgan fingerprint density at radius 2 is 1.70 bits per heavy atom. The van der Waals surface area contributed by atoms with Crippen LogP contribution in [0.3, 0.4) is 0 Å². The number of nitrogens with zero attached hydrogens (tertiary/aromatic N) is 2. The summed E-state index contributed by atoms with van der Waals surface area (Å²) in [5.74, 6) is -1.03. The van der Waals surface area contributed by atoms with Gasteiger partial charge in [-0.3, -0.25) is 35.2 Å². The Hall–Kier alpha value is -3.80. The summed E-state index contributed by atoms with van der Waals surface area (Å²) < 4.78 is 0.704. The lowest BCUT2D eigenvalue weighted by atomic mass is 10.1. The van der Waals surface area contributed by atoms with E-state index >= 15 is 0 Å². The van der Waals surface area contributed by atoms with Crippen molar-refractivity contribution >= 4 is 44.8 Å². The van der Waals surface area contributed by atoms with E-state index in [2.05, 4.69) is 38.7 Å². The van der Waals surface area contributed by atoms with Gasteiger partial charge in [-0.2, -0.15) is 0 Å². The highest BCUT2D eigenvalue weighted by atomic mass is 79.9. The molecule has 0 aliphatic carbocycles. The van der Waals surface area contributed by atoms with Crippen LogP contribution in [0.15, 0.2) is 59.2 Å². The first-order chi connectivity index (χ1) is 14.2. The zero-order valence-corrected chi connectivity index (χ0v) is 17.0. The maximum atomic E-state index is 12.1. The van der Waals surface area contributed by atoms with Gasteiger partial charge in [0.15, 0.2) is 0 Å². The fraction of sp³-hybridized carbons (Fsp3) is 0.111. The molecule has 12 heteroatoms. The third-order valence-corrected chi connectivity index (χ3v) is 4.42. The van der Waals surface area contributed by atoms with Gasteiger partial charge in [-0.15, -0.1) is 0 Å². The molecule has 11 nitrogen and oxygen atoms in total. The highest BCUT2D eigenvalue weighted by Crippen LogP contribution is 2.25. The zero-order chi connectivity index (χ0) is 22.3. The Kier molecular flexibility index (Phi) is 7.58. The van der Waals surface area contributed by atoms with E-state index in [1.807, 2.05) is 0 Å². The summed E-state index contributed by atoms with van der Waals surface area (Å²) in [6.45, 7) is 3.63. The quantitative estimate of drug-likeness (QED) is 0.369. The number of amides is 2. The minimum atomic E-state index is -0.798. The number of rotatable bonds is 9. The second kappa shape index (κ2) is 10.1. The first-order valence-electron chi connectivity index (χ1n) is 8.36. The van der Waals surface area contributed by atoms with Gasteiger partial charge >= 0.3 is 0 Å². The lowest BCUT2D eigenvalue weighted by Gasteiger charge is -2.12. The van der Waals surface area contributed by atoms with Crippen LogP contribution >= 0.6 is 15.9 Å². The van der Waals surface area contributed by atoms with E-state index in [0.29, 0.717) is 10.2 Å². The maximum Gasteiger partial charge on any atom is 0.279 e. The monoisotopic (exact) mass is 477 g/mol. The zero-order valence-electron chi connectivity index (χ0n) is 15.4. The maximum absolute atomic E-state index is 12.1. The first-order valence-corrected chi connectivity index (χ1v) is 9.15. The van der Waals surface area contributed by atoms with Crippen molar-refractivity contribution in [2.45, 2.75) is 12.8 Å². The van der Waals surface area contributed by atoms with Gasteiger partial charge in [0.25, 0.3) is 11.4 Å². The molecule has 0 atom stereocenters. The molecule has 0 fully saturated rings. The average molecular weight is 478 g/mol. The number of anilines is 1. The number of hydrogen-bond donors (Lipinski definition) is 3. The van der Waals surface area contributed by atoms with Crippen molar-refractivity contribution < 1.29 is 19.4 Å². The second-order valence-electron chi connectivity index (χ2n) is 5.99. The molecular weight excluding hydrogens is 462 g/mol. The molecule has 0 unspecified atom stereocenters. The Balaban J connectivity index is 1.89. The molecule has 30 heavy (non-hydrogen) atoms. The third kappa shape index (κ3) is 6.38. The number of nitrogens with one attached hydrogen (secondary N) is 3. The molecule has 0 heterocycles. The number of hydrazine groups is 1. The van der Waals surface area contributed by atoms with Crippen LogP contribution in [-0.2, 0) is 16.0 Å². The van der Waals surface area contributed by atoms with Gasteiger partial charge in [0.05, 0.1) is 34.4 Å². The standard InChI is InChI=1S/C18H16BrN5O6/c1-11(8-17(25)20-15-5-3-2-4-14(15)19)21-22-18(26)9-12-6-7-13(23(27)28)10-16(12)24(29)30/h2-7,10,21H,1,8-9H2,(H,20,25)(H,22,26). The van der Waals surface area contributed by atoms with Crippen LogP contribution in [0, 0.1) is 20.2 Å². The molecular formula is C18H16BrN5O6. The lowest BCUT2D eigenvalue weighted by molar-refractivity contribution is -0.394. The summed E-state index contributed by atoms with van der Waals surface area (Å²) in [6, 6.07) is 10.0. The molecule has 0 spiro atoms. The molecule has 156 valence electrons. The number of para-hydroxylation sites is 1. The largest absolute Gasteiger partial charge is 0.325 e. The van der Waals surface area contributed by atoms with E-state index in [9.17, 15) is 29.8 Å². The molecule has 0 radical (unpaired) electrons. The normalized spacial score (nSPS) is 10.0. The van der Waals surface area contributed by atoms with Crippen LogP contribution in [0.2, 0.25) is 0 Å². The summed E-state index contributed by atoms with van der Waals surface area (Å²) in [4.78, 5) is 44.4. The molecule has 0 aromatic heterocycles. The SMILES string of the molecule is C=C(CC(=O)Nc1ccccc1Br)NNC(=O)Cc1ccc([N+](=O)[O-])cc1[N+](=O)[O-]. The second-order valence-corrected chi connectivity index (χ2v) is 6.84. The molecule has 2 aromatic rings. The van der Waals surface area contributed by atoms with Crippen LogP contribution in [0.25, 0.3) is 0 Å². The smallest absolute Gasteiger partial charge is 0.279 e. The van der Waals surface area contributed by atoms with E-state index in [1.54, 1.807) is 24.3 Å². The van der Waals surface area contributed by atoms with Crippen LogP contribution < -0.4 is 16.2 Å². The van der Waals surface area contributed by atoms with Gasteiger partial charge < -0.3 is 10.7 Å². The number of non-ortho nitro benzene ring substituents is 1. The van der Waals surface area contributed by atoms with Crippen molar-refractivity contribution in [1.82, 2.24) is 10.9 Å². The van der Waals surface area contributed by atoms with Crippen molar-refractivity contribution in [3.8, 4) is 0 Å². The molecule has 0 aliphatic heterocycles. The topological polar surface area (TPSA) is 157 Å². The van der Waals surface area contributed by atoms with Crippen molar-refractivity contribution in [2.75, 3.05) is 5.32 Å². The predicted molar refractivity (Wildman–Crippen MR) is 111 cm³/mol. The van der Waals surface area contributed by atoms with Crippen molar-refractivity contribution in [1.29, 1.82) is 0 Å². The number of nitro groups is 2. The number of hydrogen-bond acceptors (Lipinski definition) is 7. The minimum absolute atomic E-state index is 0.00202. The molecule has 2 amide bonds. The Morgan fingerprint density at radius 1 is 1.00 bits per heavy atom. The first kappa shape index (κ1) is 22.5. The highest BCUT2D eigenvalue weighted by Gasteiger charge is 2.21. The van der Waals surface area contributed by atoms with Crippen molar-refractivity contribution in [3.05, 3.63) is 85.0 Å².